The maximum absolute atomic E-state index is 9.97. The fourth-order valence-electron chi connectivity index (χ4n) is 2.04. The van der Waals surface area contributed by atoms with Crippen molar-refractivity contribution in [3.8, 4) is 0 Å². The van der Waals surface area contributed by atoms with Gasteiger partial charge in [-0.1, -0.05) is 13.5 Å². The van der Waals surface area contributed by atoms with Gasteiger partial charge in [-0.2, -0.15) is 0 Å². The summed E-state index contributed by atoms with van der Waals surface area (Å²) in [7, 11) is -0.759. The Hall–Kier alpha value is -1.57. The van der Waals surface area contributed by atoms with Gasteiger partial charge in [0.15, 0.2) is 0 Å². The van der Waals surface area contributed by atoms with E-state index in [1.165, 1.54) is 6.08 Å². The number of hydrogen-bond donors (Lipinski definition) is 4. The van der Waals surface area contributed by atoms with Gasteiger partial charge < -0.3 is 30.9 Å². The SMILES string of the molecule is C=C(/C=C(/CC)N/C(N)=C\C(=N)B1OC(C)(C)C(C)(C)O1)C(C)(C)O. The van der Waals surface area contributed by atoms with E-state index in [0.29, 0.717) is 17.8 Å². The van der Waals surface area contributed by atoms with Gasteiger partial charge in [0.2, 0.25) is 0 Å². The number of aliphatic hydroxyl groups is 1. The summed E-state index contributed by atoms with van der Waals surface area (Å²) in [4.78, 5) is 0. The zero-order valence-corrected chi connectivity index (χ0v) is 16.5. The van der Waals surface area contributed by atoms with Crippen molar-refractivity contribution in [2.45, 2.75) is 71.7 Å². The topological polar surface area (TPSA) is 101 Å². The molecule has 0 spiro atoms. The van der Waals surface area contributed by atoms with E-state index in [4.69, 9.17) is 20.5 Å². The van der Waals surface area contributed by atoms with Crippen molar-refractivity contribution in [3.05, 3.63) is 35.8 Å². The fourth-order valence-corrected chi connectivity index (χ4v) is 2.04. The van der Waals surface area contributed by atoms with Crippen LogP contribution < -0.4 is 11.1 Å². The maximum atomic E-state index is 9.97. The summed E-state index contributed by atoms with van der Waals surface area (Å²) in [5.74, 6) is 0.302. The monoisotopic (exact) mass is 349 g/mol. The van der Waals surface area contributed by atoms with Gasteiger partial charge in [-0.3, -0.25) is 0 Å². The molecule has 0 atom stereocenters. The first-order valence-electron chi connectivity index (χ1n) is 8.50. The summed E-state index contributed by atoms with van der Waals surface area (Å²) in [6.45, 7) is 16.9. The number of hydrogen-bond acceptors (Lipinski definition) is 6. The van der Waals surface area contributed by atoms with Gasteiger partial charge in [0, 0.05) is 5.70 Å². The molecule has 25 heavy (non-hydrogen) atoms. The molecule has 0 aromatic rings. The van der Waals surface area contributed by atoms with E-state index >= 15 is 0 Å². The number of nitrogens with one attached hydrogen (secondary N) is 2. The first-order chi connectivity index (χ1) is 11.2. The molecule has 0 aromatic carbocycles. The van der Waals surface area contributed by atoms with E-state index in [-0.39, 0.29) is 5.61 Å². The van der Waals surface area contributed by atoms with Crippen LogP contribution in [0.4, 0.5) is 0 Å². The fraction of sp³-hybridized carbons (Fsp3) is 0.611. The van der Waals surface area contributed by atoms with Gasteiger partial charge in [-0.15, -0.1) is 0 Å². The normalized spacial score (nSPS) is 20.6. The molecule has 140 valence electrons. The Morgan fingerprint density at radius 1 is 1.24 bits per heavy atom. The van der Waals surface area contributed by atoms with Crippen LogP contribution in [-0.2, 0) is 9.31 Å². The van der Waals surface area contributed by atoms with Crippen LogP contribution in [0.5, 0.6) is 0 Å². The summed E-state index contributed by atoms with van der Waals surface area (Å²) >= 11 is 0. The Labute approximate surface area is 151 Å². The van der Waals surface area contributed by atoms with Gasteiger partial charge in [0.1, 0.15) is 5.82 Å². The van der Waals surface area contributed by atoms with Crippen LogP contribution in [0.25, 0.3) is 0 Å². The maximum Gasteiger partial charge on any atom is 0.513 e. The second kappa shape index (κ2) is 7.36. The van der Waals surface area contributed by atoms with E-state index in [2.05, 4.69) is 11.9 Å². The molecule has 1 fully saturated rings. The summed E-state index contributed by atoms with van der Waals surface area (Å²) < 4.78 is 11.7. The Balaban J connectivity index is 2.83. The van der Waals surface area contributed by atoms with E-state index in [1.807, 2.05) is 34.6 Å². The summed E-state index contributed by atoms with van der Waals surface area (Å²) in [6, 6.07) is 0. The highest BCUT2D eigenvalue weighted by molar-refractivity contribution is 6.84. The van der Waals surface area contributed by atoms with E-state index in [1.54, 1.807) is 19.9 Å². The molecular weight excluding hydrogens is 317 g/mol. The first-order valence-corrected chi connectivity index (χ1v) is 8.50. The zero-order valence-electron chi connectivity index (χ0n) is 16.5. The summed E-state index contributed by atoms with van der Waals surface area (Å²) in [5, 5.41) is 21.2. The predicted octanol–water partition coefficient (Wildman–Crippen LogP) is 2.65. The van der Waals surface area contributed by atoms with Gasteiger partial charge in [-0.25, -0.2) is 0 Å². The Kier molecular flexibility index (Phi) is 6.32. The molecule has 1 heterocycles. The van der Waals surface area contributed by atoms with Gasteiger partial charge >= 0.3 is 7.12 Å². The van der Waals surface area contributed by atoms with Crippen LogP contribution in [0.15, 0.2) is 35.8 Å². The Morgan fingerprint density at radius 2 is 1.72 bits per heavy atom. The molecular formula is C18H32BN3O3. The van der Waals surface area contributed by atoms with Crippen molar-refractivity contribution < 1.29 is 14.4 Å². The Bertz CT molecular complexity index is 585. The zero-order chi connectivity index (χ0) is 19.6. The average molecular weight is 349 g/mol. The standard InChI is InChI=1S/C18H32BN3O3/c1-9-13(10-12(2)16(3,4)23)22-15(21)11-14(20)19-24-17(5,6)18(7,8)25-19/h10-11,20,22-23H,2,9,21H2,1,3-8H3/b13-10-,15-11-,20-14?. The third kappa shape index (κ3) is 5.46. The van der Waals surface area contributed by atoms with Crippen LogP contribution in [0.2, 0.25) is 0 Å². The first kappa shape index (κ1) is 21.5. The minimum Gasteiger partial charge on any atom is -0.398 e. The molecule has 7 heteroatoms. The lowest BCUT2D eigenvalue weighted by Crippen LogP contribution is -2.41. The predicted molar refractivity (Wildman–Crippen MR) is 103 cm³/mol. The third-order valence-electron chi connectivity index (χ3n) is 4.64. The minimum absolute atomic E-state index is 0.139. The molecule has 5 N–H and O–H groups in total. The molecule has 0 aliphatic carbocycles. The van der Waals surface area contributed by atoms with Gasteiger partial charge in [0.25, 0.3) is 0 Å². The highest BCUT2D eigenvalue weighted by atomic mass is 16.7. The van der Waals surface area contributed by atoms with Gasteiger partial charge in [-0.05, 0) is 65.7 Å². The molecule has 0 radical (unpaired) electrons. The molecule has 1 aliphatic rings. The van der Waals surface area contributed by atoms with Crippen LogP contribution >= 0.6 is 0 Å². The second-order valence-corrected chi connectivity index (χ2v) is 7.88. The molecule has 1 rings (SSSR count). The molecule has 1 saturated heterocycles. The second-order valence-electron chi connectivity index (χ2n) is 7.88. The van der Waals surface area contributed by atoms with E-state index < -0.39 is 23.9 Å². The van der Waals surface area contributed by atoms with E-state index in [0.717, 1.165) is 5.70 Å². The number of nitrogens with two attached hydrogens (primary N) is 1. The average Bonchev–Trinajstić information content (AvgIpc) is 2.65. The number of rotatable bonds is 7. The molecule has 0 aromatic heterocycles. The van der Waals surface area contributed by atoms with Crippen molar-refractivity contribution in [2.24, 2.45) is 5.73 Å². The molecule has 0 unspecified atom stereocenters. The minimum atomic E-state index is -1.00. The Morgan fingerprint density at radius 3 is 2.12 bits per heavy atom. The van der Waals surface area contributed by atoms with Crippen LogP contribution in [0.1, 0.15) is 54.9 Å². The van der Waals surface area contributed by atoms with Crippen molar-refractivity contribution in [3.63, 3.8) is 0 Å². The smallest absolute Gasteiger partial charge is 0.398 e. The van der Waals surface area contributed by atoms with E-state index in [9.17, 15) is 5.11 Å². The molecule has 0 bridgehead atoms. The third-order valence-corrected chi connectivity index (χ3v) is 4.64. The molecule has 6 nitrogen and oxygen atoms in total. The summed E-state index contributed by atoms with van der Waals surface area (Å²) in [6.07, 6.45) is 3.92. The largest absolute Gasteiger partial charge is 0.513 e. The van der Waals surface area contributed by atoms with Crippen LogP contribution in [-0.4, -0.2) is 34.6 Å². The number of allylic oxidation sites excluding steroid dienone is 2. The van der Waals surface area contributed by atoms with Crippen LogP contribution in [0.3, 0.4) is 0 Å². The summed E-state index contributed by atoms with van der Waals surface area (Å²) in [5.41, 5.74) is 5.51. The van der Waals surface area contributed by atoms with Crippen molar-refractivity contribution in [1.82, 2.24) is 5.32 Å². The highest BCUT2D eigenvalue weighted by Crippen LogP contribution is 2.36. The molecule has 0 saturated carbocycles. The molecule has 0 amide bonds. The van der Waals surface area contributed by atoms with Crippen molar-refractivity contribution in [2.75, 3.05) is 0 Å². The lowest BCUT2D eigenvalue weighted by atomic mass is 9.82. The molecule has 1 aliphatic heterocycles. The van der Waals surface area contributed by atoms with Gasteiger partial charge in [0.05, 0.1) is 22.4 Å². The van der Waals surface area contributed by atoms with Crippen molar-refractivity contribution in [1.29, 1.82) is 5.41 Å². The lowest BCUT2D eigenvalue weighted by Gasteiger charge is -2.32. The highest BCUT2D eigenvalue weighted by Gasteiger charge is 2.52. The van der Waals surface area contributed by atoms with Crippen molar-refractivity contribution >= 4 is 12.7 Å². The lowest BCUT2D eigenvalue weighted by molar-refractivity contribution is 0.00578. The van der Waals surface area contributed by atoms with Crippen LogP contribution in [0, 0.1) is 5.41 Å². The quantitative estimate of drug-likeness (QED) is 0.322.